The molecule has 4 nitrogen and oxygen atoms in total. The van der Waals surface area contributed by atoms with Gasteiger partial charge in [-0.3, -0.25) is 4.79 Å². The van der Waals surface area contributed by atoms with Gasteiger partial charge in [0.1, 0.15) is 0 Å². The number of unbranched alkanes of at least 4 members (excludes halogenated alkanes) is 1. The lowest BCUT2D eigenvalue weighted by Crippen LogP contribution is -2.29. The van der Waals surface area contributed by atoms with E-state index in [-0.39, 0.29) is 12.2 Å². The maximum atomic E-state index is 10.9. The third-order valence-electron chi connectivity index (χ3n) is 2.72. The molecule has 21 heavy (non-hydrogen) atoms. The summed E-state index contributed by atoms with van der Waals surface area (Å²) in [5, 5.41) is 0. The number of hydrogen-bond donors (Lipinski definition) is 0. The first kappa shape index (κ1) is 25.3. The van der Waals surface area contributed by atoms with Crippen LogP contribution in [0.5, 0.6) is 0 Å². The molecule has 0 fully saturated rings. The Bertz CT molecular complexity index is 186. The number of nitrogens with zero attached hydrogens (tertiary/aromatic N) is 1. The van der Waals surface area contributed by atoms with Gasteiger partial charge in [0.05, 0.1) is 0 Å². The third kappa shape index (κ3) is 21.8. The Balaban J connectivity index is -0.000000249. The van der Waals surface area contributed by atoms with Crippen LogP contribution in [0.1, 0.15) is 74.7 Å². The van der Waals surface area contributed by atoms with Gasteiger partial charge in [0.2, 0.25) is 5.91 Å². The molecule has 0 aromatic rings. The number of amides is 1. The number of carbonyl (C=O) groups excluding carboxylic acids is 1. The molecule has 0 aromatic carbocycles. The van der Waals surface area contributed by atoms with Crippen LogP contribution in [0.3, 0.4) is 0 Å². The molecule has 0 saturated heterocycles. The van der Waals surface area contributed by atoms with Crippen molar-refractivity contribution in [1.29, 1.82) is 0 Å². The summed E-state index contributed by atoms with van der Waals surface area (Å²) < 4.78 is 10.1. The highest BCUT2D eigenvalue weighted by Crippen LogP contribution is 1.91. The van der Waals surface area contributed by atoms with Crippen molar-refractivity contribution in [2.24, 2.45) is 0 Å². The third-order valence-corrected chi connectivity index (χ3v) is 2.72. The maximum absolute atomic E-state index is 10.9. The second kappa shape index (κ2) is 21.7. The van der Waals surface area contributed by atoms with Crippen molar-refractivity contribution in [1.82, 2.24) is 4.90 Å². The van der Waals surface area contributed by atoms with Gasteiger partial charge in [0.15, 0.2) is 6.29 Å². The van der Waals surface area contributed by atoms with Gasteiger partial charge in [0, 0.05) is 32.7 Å². The van der Waals surface area contributed by atoms with Crippen LogP contribution >= 0.6 is 0 Å². The Hall–Kier alpha value is -0.610. The zero-order chi connectivity index (χ0) is 17.1. The highest BCUT2D eigenvalue weighted by atomic mass is 16.7. The molecule has 0 aliphatic heterocycles. The minimum Gasteiger partial charge on any atom is -0.353 e. The van der Waals surface area contributed by atoms with Crippen LogP contribution in [-0.4, -0.2) is 43.4 Å². The maximum Gasteiger partial charge on any atom is 0.222 e. The molecule has 0 aliphatic rings. The largest absolute Gasteiger partial charge is 0.353 e. The van der Waals surface area contributed by atoms with E-state index in [0.717, 1.165) is 26.3 Å². The van der Waals surface area contributed by atoms with Crippen LogP contribution in [0.25, 0.3) is 0 Å². The lowest BCUT2D eigenvalue weighted by atomic mass is 10.4. The van der Waals surface area contributed by atoms with Crippen molar-refractivity contribution in [2.45, 2.75) is 80.9 Å². The Morgan fingerprint density at radius 2 is 1.24 bits per heavy atom. The highest BCUT2D eigenvalue weighted by Gasteiger charge is 2.04. The quantitative estimate of drug-likeness (QED) is 0.621. The molecule has 0 rings (SSSR count). The van der Waals surface area contributed by atoms with Crippen molar-refractivity contribution >= 4 is 5.91 Å². The van der Waals surface area contributed by atoms with E-state index >= 15 is 0 Å². The number of hydrogen-bond acceptors (Lipinski definition) is 3. The summed E-state index contributed by atoms with van der Waals surface area (Å²) in [6.07, 6.45) is 3.23. The fourth-order valence-electron chi connectivity index (χ4n) is 1.32. The minimum absolute atomic E-state index is 0.0370. The molecular formula is C17H39NO3. The van der Waals surface area contributed by atoms with Gasteiger partial charge >= 0.3 is 0 Å². The molecule has 4 heteroatoms. The van der Waals surface area contributed by atoms with E-state index in [9.17, 15) is 4.79 Å². The first-order valence-corrected chi connectivity index (χ1v) is 8.49. The van der Waals surface area contributed by atoms with Crippen molar-refractivity contribution in [3.8, 4) is 0 Å². The van der Waals surface area contributed by atoms with Gasteiger partial charge in [-0.25, -0.2) is 0 Å². The second-order valence-corrected chi connectivity index (χ2v) is 4.40. The SMILES string of the molecule is CCC(=O)N(CC)CC.CCCC.CCOC(C)OCC. The van der Waals surface area contributed by atoms with Crippen LogP contribution in [0.15, 0.2) is 0 Å². The van der Waals surface area contributed by atoms with Gasteiger partial charge in [-0.05, 0) is 34.6 Å². The molecule has 0 spiro atoms. The topological polar surface area (TPSA) is 38.8 Å². The van der Waals surface area contributed by atoms with Gasteiger partial charge in [-0.15, -0.1) is 0 Å². The molecular weight excluding hydrogens is 266 g/mol. The molecule has 0 radical (unpaired) electrons. The van der Waals surface area contributed by atoms with E-state index in [0.29, 0.717) is 6.42 Å². The average molecular weight is 306 g/mol. The molecule has 0 bridgehead atoms. The van der Waals surface area contributed by atoms with Gasteiger partial charge in [-0.1, -0.05) is 33.6 Å². The fraction of sp³-hybridized carbons (Fsp3) is 0.941. The normalized spacial score (nSPS) is 9.38. The zero-order valence-corrected chi connectivity index (χ0v) is 15.7. The van der Waals surface area contributed by atoms with E-state index < -0.39 is 0 Å². The number of ether oxygens (including phenoxy) is 2. The molecule has 0 unspecified atom stereocenters. The summed E-state index contributed by atoms with van der Waals surface area (Å²) in [5.41, 5.74) is 0. The van der Waals surface area contributed by atoms with Crippen molar-refractivity contribution < 1.29 is 14.3 Å². The van der Waals surface area contributed by atoms with E-state index in [4.69, 9.17) is 9.47 Å². The number of carbonyl (C=O) groups is 1. The van der Waals surface area contributed by atoms with Crippen LogP contribution in [0.2, 0.25) is 0 Å². The second-order valence-electron chi connectivity index (χ2n) is 4.40. The molecule has 1 amide bonds. The summed E-state index contributed by atoms with van der Waals surface area (Å²) in [4.78, 5) is 12.7. The van der Waals surface area contributed by atoms with E-state index in [1.807, 2.05) is 46.4 Å². The Morgan fingerprint density at radius 3 is 1.38 bits per heavy atom. The minimum atomic E-state index is -0.0370. The smallest absolute Gasteiger partial charge is 0.222 e. The average Bonchev–Trinajstić information content (AvgIpc) is 2.49. The Kier molecular flexibility index (Phi) is 26.2. The molecule has 0 heterocycles. The predicted octanol–water partition coefficient (Wildman–Crippen LogP) is 4.48. The van der Waals surface area contributed by atoms with Crippen LogP contribution in [0.4, 0.5) is 0 Å². The molecule has 0 saturated carbocycles. The number of rotatable bonds is 8. The predicted molar refractivity (Wildman–Crippen MR) is 91.5 cm³/mol. The van der Waals surface area contributed by atoms with E-state index in [1.54, 1.807) is 0 Å². The lowest BCUT2D eigenvalue weighted by Gasteiger charge is -2.16. The molecule has 130 valence electrons. The zero-order valence-electron chi connectivity index (χ0n) is 15.7. The lowest BCUT2D eigenvalue weighted by molar-refractivity contribution is -0.130. The van der Waals surface area contributed by atoms with Crippen LogP contribution in [0, 0.1) is 0 Å². The van der Waals surface area contributed by atoms with Crippen LogP contribution < -0.4 is 0 Å². The first-order chi connectivity index (χ1) is 9.98. The van der Waals surface area contributed by atoms with E-state index in [2.05, 4.69) is 13.8 Å². The van der Waals surface area contributed by atoms with E-state index in [1.165, 1.54) is 12.8 Å². The Labute approximate surface area is 133 Å². The fourth-order valence-corrected chi connectivity index (χ4v) is 1.32. The van der Waals surface area contributed by atoms with Gasteiger partial charge < -0.3 is 14.4 Å². The van der Waals surface area contributed by atoms with Crippen molar-refractivity contribution in [3.63, 3.8) is 0 Å². The molecule has 0 atom stereocenters. The standard InChI is InChI=1S/C7H15NO.C6H14O2.C4H10/c1-4-7(9)8(5-2)6-3;1-4-7-6(3)8-5-2;1-3-4-2/h4-6H2,1-3H3;6H,4-5H2,1-3H3;3-4H2,1-2H3. The molecule has 0 aliphatic carbocycles. The summed E-state index contributed by atoms with van der Waals surface area (Å²) >= 11 is 0. The van der Waals surface area contributed by atoms with Crippen molar-refractivity contribution in [2.75, 3.05) is 26.3 Å². The Morgan fingerprint density at radius 1 is 0.857 bits per heavy atom. The monoisotopic (exact) mass is 305 g/mol. The molecule has 0 N–H and O–H groups in total. The van der Waals surface area contributed by atoms with Gasteiger partial charge in [0.25, 0.3) is 0 Å². The highest BCUT2D eigenvalue weighted by molar-refractivity contribution is 5.75. The summed E-state index contributed by atoms with van der Waals surface area (Å²) in [7, 11) is 0. The van der Waals surface area contributed by atoms with Gasteiger partial charge in [-0.2, -0.15) is 0 Å². The van der Waals surface area contributed by atoms with Crippen LogP contribution in [-0.2, 0) is 14.3 Å². The molecule has 0 aromatic heterocycles. The summed E-state index contributed by atoms with van der Waals surface area (Å²) in [6.45, 7) is 19.2. The summed E-state index contributed by atoms with van der Waals surface area (Å²) in [6, 6.07) is 0. The van der Waals surface area contributed by atoms with Crippen molar-refractivity contribution in [3.05, 3.63) is 0 Å². The first-order valence-electron chi connectivity index (χ1n) is 8.49. The summed E-state index contributed by atoms with van der Waals surface area (Å²) in [5.74, 6) is 0.250.